The molecule has 4 aliphatic carbocycles. The first-order chi connectivity index (χ1) is 68.8. The molecule has 0 radical (unpaired) electrons. The normalized spacial score (nSPS) is 18.0. The number of carbonyl (C=O) groups is 6. The third-order valence-electron chi connectivity index (χ3n) is 24.1. The number of carbonyl (C=O) groups excluding carboxylic acids is 5. The molecular formula is C101H148N10O30S2. The molecule has 40 nitrogen and oxygen atoms in total. The number of alkyl carbamates (subject to hydrolysis) is 1. The summed E-state index contributed by atoms with van der Waals surface area (Å²) in [5.74, 6) is 2.63. The number of rotatable bonds is 71. The van der Waals surface area contributed by atoms with Gasteiger partial charge in [-0.2, -0.15) is 13.5 Å². The molecule has 2 unspecified atom stereocenters. The summed E-state index contributed by atoms with van der Waals surface area (Å²) in [6.45, 7) is 30.8. The molecule has 4 heterocycles. The molecule has 0 spiro atoms. The van der Waals surface area contributed by atoms with Crippen LogP contribution in [0.2, 0.25) is 0 Å². The number of carboxylic acids is 1. The molecular weight excluding hydrogens is 1900 g/mol. The highest BCUT2D eigenvalue weighted by Crippen LogP contribution is 2.72. The summed E-state index contributed by atoms with van der Waals surface area (Å²) in [5, 5.41) is 27.4. The van der Waals surface area contributed by atoms with Gasteiger partial charge in [-0.05, 0) is 155 Å². The van der Waals surface area contributed by atoms with E-state index >= 15 is 0 Å². The number of hydrogen-bond donors (Lipinski definition) is 6. The van der Waals surface area contributed by atoms with Crippen molar-refractivity contribution >= 4 is 84.2 Å². The monoisotopic (exact) mass is 2040 g/mol. The van der Waals surface area contributed by atoms with Crippen LogP contribution < -0.4 is 26.2 Å². The average molecular weight is 2050 g/mol. The van der Waals surface area contributed by atoms with Crippen molar-refractivity contribution in [3.8, 4) is 23.0 Å². The van der Waals surface area contributed by atoms with E-state index in [0.29, 0.717) is 269 Å². The highest BCUT2D eigenvalue weighted by atomic mass is 32.2. The van der Waals surface area contributed by atoms with Crippen LogP contribution in [0.3, 0.4) is 0 Å². The minimum absolute atomic E-state index is 0.00815. The number of nitrogens with zero attached hydrogens (tertiary/aromatic N) is 6. The van der Waals surface area contributed by atoms with E-state index in [1.807, 2.05) is 59.0 Å². The first-order valence-electron chi connectivity index (χ1n) is 49.1. The number of aromatic carboxylic acids is 1. The summed E-state index contributed by atoms with van der Waals surface area (Å²) in [6.07, 6.45) is 5.46. The lowest BCUT2D eigenvalue weighted by Crippen LogP contribution is -2.64. The predicted molar refractivity (Wildman–Crippen MR) is 532 cm³/mol. The molecule has 794 valence electrons. The van der Waals surface area contributed by atoms with Crippen molar-refractivity contribution in [3.05, 3.63) is 118 Å². The van der Waals surface area contributed by atoms with Crippen molar-refractivity contribution < 1.29 is 142 Å². The van der Waals surface area contributed by atoms with Crippen LogP contribution in [0.4, 0.5) is 26.2 Å². The maximum Gasteiger partial charge on any atom is 0.410 e. The third-order valence-corrected chi connectivity index (χ3v) is 25.8. The van der Waals surface area contributed by atoms with Gasteiger partial charge in [0.2, 0.25) is 11.8 Å². The number of hydrogen-bond acceptors (Lipinski definition) is 33. The fourth-order valence-corrected chi connectivity index (χ4v) is 20.0. The van der Waals surface area contributed by atoms with Crippen LogP contribution in [0.25, 0.3) is 21.3 Å². The highest BCUT2D eigenvalue weighted by Gasteiger charge is 2.66. The number of anilines is 3. The Balaban J connectivity index is 0.614. The Morgan fingerprint density at radius 1 is 0.580 bits per heavy atom. The average Bonchev–Trinajstić information content (AvgIpc) is 1.31. The van der Waals surface area contributed by atoms with Crippen molar-refractivity contribution in [1.29, 1.82) is 0 Å². The van der Waals surface area contributed by atoms with Crippen LogP contribution in [0.1, 0.15) is 143 Å². The van der Waals surface area contributed by atoms with E-state index in [9.17, 15) is 46.8 Å². The van der Waals surface area contributed by atoms with Crippen molar-refractivity contribution in [2.75, 3.05) is 273 Å². The zero-order valence-corrected chi connectivity index (χ0v) is 86.1. The summed E-state index contributed by atoms with van der Waals surface area (Å²) >= 11 is 1.40. The van der Waals surface area contributed by atoms with Crippen LogP contribution in [0.5, 0.6) is 0 Å². The Bertz CT molecular complexity index is 5060. The Kier molecular flexibility index (Phi) is 48.8. The second-order valence-electron chi connectivity index (χ2n) is 37.8. The number of aromatic nitrogens is 4. The summed E-state index contributed by atoms with van der Waals surface area (Å²) < 4.78 is 150. The minimum Gasteiger partial charge on any atom is -0.476 e. The number of fused-ring (bicyclic) bond motifs is 2. The second-order valence-corrected chi connectivity index (χ2v) is 40.4. The van der Waals surface area contributed by atoms with Crippen LogP contribution in [-0.4, -0.2) is 359 Å². The molecule has 5 amide bonds. The third kappa shape index (κ3) is 40.6. The van der Waals surface area contributed by atoms with Gasteiger partial charge in [0, 0.05) is 79.0 Å². The topological polar surface area (TPSA) is 460 Å². The van der Waals surface area contributed by atoms with Crippen LogP contribution in [0.15, 0.2) is 79.0 Å². The van der Waals surface area contributed by atoms with Crippen molar-refractivity contribution in [3.63, 3.8) is 0 Å². The largest absolute Gasteiger partial charge is 0.476 e. The summed E-state index contributed by atoms with van der Waals surface area (Å²) in [7, 11) is -2.94. The lowest BCUT2D eigenvalue weighted by atomic mass is 9.39. The van der Waals surface area contributed by atoms with E-state index in [-0.39, 0.29) is 79.0 Å². The number of thiazole rings is 1. The summed E-state index contributed by atoms with van der Waals surface area (Å²) in [5.41, 5.74) is 3.71. The molecule has 42 heteroatoms. The molecule has 143 heavy (non-hydrogen) atoms. The molecule has 5 aliphatic rings. The molecule has 6 aromatic rings. The lowest BCUT2D eigenvalue weighted by Gasteiger charge is -2.69. The molecule has 4 fully saturated rings. The number of methoxy groups -OCH3 is 1. The molecule has 11 rings (SSSR count). The molecule has 3 aromatic heterocycles. The molecule has 4 atom stereocenters. The van der Waals surface area contributed by atoms with E-state index in [0.717, 1.165) is 59.1 Å². The molecule has 0 saturated heterocycles. The Morgan fingerprint density at radius 3 is 1.61 bits per heavy atom. The Labute approximate surface area is 842 Å². The Morgan fingerprint density at radius 2 is 1.10 bits per heavy atom. The Hall–Kier alpha value is -9.12. The van der Waals surface area contributed by atoms with Crippen molar-refractivity contribution in [2.45, 2.75) is 150 Å². The number of pyridine rings is 1. The van der Waals surface area contributed by atoms with Gasteiger partial charge in [0.05, 0.1) is 246 Å². The van der Waals surface area contributed by atoms with E-state index in [4.69, 9.17) is 105 Å². The van der Waals surface area contributed by atoms with Gasteiger partial charge in [0.15, 0.2) is 10.8 Å². The smallest absolute Gasteiger partial charge is 0.410 e. The van der Waals surface area contributed by atoms with Gasteiger partial charge in [-0.15, -0.1) is 0 Å². The van der Waals surface area contributed by atoms with Crippen LogP contribution in [0, 0.1) is 40.9 Å². The fraction of sp³-hybridized carbons (Fsp3) is 0.653. The number of carboxylic acid groups (broad SMARTS) is 1. The zero-order chi connectivity index (χ0) is 102. The number of amides is 5. The first kappa shape index (κ1) is 116. The van der Waals surface area contributed by atoms with Gasteiger partial charge in [-0.1, -0.05) is 81.2 Å². The number of benzene rings is 3. The SMILES string of the molecule is COCCOCCOCCOCCOCCOCCOCCOCCOCCOCCOCCOCCOCCOCCOCCOCCOCC#Cc1cc(NC(=O)[C@H](C)NC(=O)[C@@H](NC(=O)OC(C)(C)C)C(C)C)ccc1COC(=O)N(CCOC12CC3(C)CC(C)(CC(Cn4ncc(-c5ccc(N6CCc7cccc(C(=O)Nc8nc9ccccc9s8)c7C6)nc5C(=O)O)c4C)(C3)C1)C2)CCS(=O)(=O)O. The number of nitrogens with one attached hydrogen (secondary N) is 4. The molecule has 6 N–H and O–H groups in total. The van der Waals surface area contributed by atoms with E-state index in [2.05, 4.69) is 51.9 Å². The highest BCUT2D eigenvalue weighted by molar-refractivity contribution is 7.85. The van der Waals surface area contributed by atoms with Gasteiger partial charge < -0.3 is 126 Å². The number of para-hydroxylation sites is 1. The van der Waals surface area contributed by atoms with E-state index < -0.39 is 75.7 Å². The van der Waals surface area contributed by atoms with Gasteiger partial charge in [-0.3, -0.25) is 28.9 Å². The van der Waals surface area contributed by atoms with Gasteiger partial charge in [0.25, 0.3) is 16.0 Å². The standard InChI is InChI=1S/C101H148N10O30S2/c1-74(2)88(107-95(117)141-97(5,6)7)92(114)103-75(3)90(112)104-80-21-20-79(78(63-80)16-14-28-123-32-33-125-36-37-127-40-41-129-44-45-131-48-49-133-52-53-135-56-57-137-60-61-138-59-58-136-55-54-134-51-50-132-47-46-130-43-42-128-39-38-126-35-34-124-31-30-122-10)66-139-96(118)109(27-62-143(119,120)121)26-29-140-101-70-98(8)67-99(9,71-101)69-100(68-98,72-101)73-111-76(4)83(64-102-111)81-22-23-87(106-89(81)93(115)116)110-25-24-77-15-13-17-82(84(77)65-110)91(113)108-94-105-85-18-11-12-19-86(85)142-94/h11-13,15,17-23,63-64,74-75,88H,24-62,65-73H2,1-10H3,(H,103,114)(H,104,112)(H,107,117)(H,115,116)(H,105,108,113)(H,119,120,121)/t75-,88-,98?,99?,100?,101?/m0/s1. The summed E-state index contributed by atoms with van der Waals surface area (Å²) in [6, 6.07) is 19.6. The van der Waals surface area contributed by atoms with Gasteiger partial charge >= 0.3 is 18.2 Å². The zero-order valence-electron chi connectivity index (χ0n) is 84.5. The molecule has 3 aromatic carbocycles. The molecule has 1 aliphatic heterocycles. The van der Waals surface area contributed by atoms with Crippen molar-refractivity contribution in [1.82, 2.24) is 35.3 Å². The molecule has 4 saturated carbocycles. The van der Waals surface area contributed by atoms with E-state index in [1.54, 1.807) is 78.3 Å². The maximum atomic E-state index is 14.4. The second kappa shape index (κ2) is 60.2. The van der Waals surface area contributed by atoms with Crippen LogP contribution in [-0.2, 0) is 141 Å². The van der Waals surface area contributed by atoms with Crippen LogP contribution >= 0.6 is 11.3 Å². The number of ether oxygens (including phenoxy) is 20. The first-order valence-corrected chi connectivity index (χ1v) is 51.5. The fourth-order valence-electron chi connectivity index (χ4n) is 18.7. The van der Waals surface area contributed by atoms with Gasteiger partial charge in [0.1, 0.15) is 36.7 Å². The predicted octanol–water partition coefficient (Wildman–Crippen LogP) is 10.3. The quantitative estimate of drug-likeness (QED) is 0.0117. The van der Waals surface area contributed by atoms with E-state index in [1.165, 1.54) is 23.2 Å². The summed E-state index contributed by atoms with van der Waals surface area (Å²) in [4.78, 5) is 94.3. The lowest BCUT2D eigenvalue weighted by molar-refractivity contribution is -0.248. The van der Waals surface area contributed by atoms with Crippen molar-refractivity contribution in [2.24, 2.45) is 22.2 Å². The molecule has 4 bridgehead atoms. The maximum absolute atomic E-state index is 14.4. The van der Waals surface area contributed by atoms with Gasteiger partial charge in [-0.25, -0.2) is 24.4 Å². The minimum atomic E-state index is -4.58.